The molecule has 122 valence electrons. The van der Waals surface area contributed by atoms with Gasteiger partial charge >= 0.3 is 5.97 Å². The number of aromatic carboxylic acids is 1. The Hall–Kier alpha value is -2.15. The van der Waals surface area contributed by atoms with E-state index in [1.165, 1.54) is 6.07 Å². The van der Waals surface area contributed by atoms with Gasteiger partial charge < -0.3 is 19.1 Å². The van der Waals surface area contributed by atoms with E-state index in [9.17, 15) is 4.79 Å². The molecular weight excluding hydrogens is 318 g/mol. The van der Waals surface area contributed by atoms with Crippen molar-refractivity contribution in [2.75, 3.05) is 18.6 Å². The van der Waals surface area contributed by atoms with Gasteiger partial charge in [-0.05, 0) is 36.5 Å². The molecule has 3 rings (SSSR count). The van der Waals surface area contributed by atoms with Gasteiger partial charge in [0.1, 0.15) is 6.10 Å². The summed E-state index contributed by atoms with van der Waals surface area (Å²) < 4.78 is 16.7. The predicted molar refractivity (Wildman–Crippen MR) is 86.4 cm³/mol. The van der Waals surface area contributed by atoms with Gasteiger partial charge in [0, 0.05) is 6.07 Å². The van der Waals surface area contributed by atoms with Crippen LogP contribution in [0.5, 0.6) is 11.5 Å². The van der Waals surface area contributed by atoms with E-state index in [0.29, 0.717) is 22.8 Å². The first-order chi connectivity index (χ1) is 11.2. The van der Waals surface area contributed by atoms with Crippen LogP contribution in [0.3, 0.4) is 0 Å². The highest BCUT2D eigenvalue weighted by atomic mass is 32.2. The van der Waals surface area contributed by atoms with E-state index in [-0.39, 0.29) is 11.8 Å². The quantitative estimate of drug-likeness (QED) is 0.897. The molecule has 1 fully saturated rings. The molecule has 23 heavy (non-hydrogen) atoms. The minimum atomic E-state index is -1.13. The molecule has 1 N–H and O–H groups in total. The van der Waals surface area contributed by atoms with Crippen LogP contribution in [-0.2, 0) is 0 Å². The number of hydrogen-bond donors (Lipinski definition) is 1. The first kappa shape index (κ1) is 15.7. The molecule has 2 heterocycles. The van der Waals surface area contributed by atoms with Crippen molar-refractivity contribution < 1.29 is 23.9 Å². The number of ether oxygens (including phenoxy) is 2. The van der Waals surface area contributed by atoms with Crippen molar-refractivity contribution in [1.29, 1.82) is 0 Å². The molecule has 2 aromatic rings. The number of aromatic nitrogens is 1. The standard InChI is InChI=1S/C16H17NO5S/c1-20-15-11(14-9-12(16(18)19)17-22-14)3-2-4-13(15)21-10-5-7-23-8-6-10/h2-4,9-10H,5-8H2,1H3,(H,18,19). The number of para-hydroxylation sites is 1. The van der Waals surface area contributed by atoms with Crippen LogP contribution in [0.15, 0.2) is 28.8 Å². The highest BCUT2D eigenvalue weighted by molar-refractivity contribution is 7.99. The van der Waals surface area contributed by atoms with E-state index < -0.39 is 5.97 Å². The Labute approximate surface area is 137 Å². The second-order valence-electron chi connectivity index (χ2n) is 5.15. The summed E-state index contributed by atoms with van der Waals surface area (Å²) in [5.41, 5.74) is 0.480. The number of hydrogen-bond acceptors (Lipinski definition) is 6. The van der Waals surface area contributed by atoms with Gasteiger partial charge in [-0.25, -0.2) is 4.79 Å². The largest absolute Gasteiger partial charge is 0.492 e. The molecule has 0 unspecified atom stereocenters. The Balaban J connectivity index is 1.90. The number of benzene rings is 1. The molecule has 0 spiro atoms. The van der Waals surface area contributed by atoms with Crippen LogP contribution in [-0.4, -0.2) is 41.0 Å². The summed E-state index contributed by atoms with van der Waals surface area (Å²) in [6, 6.07) is 6.84. The van der Waals surface area contributed by atoms with Crippen LogP contribution in [0.2, 0.25) is 0 Å². The van der Waals surface area contributed by atoms with Crippen molar-refractivity contribution in [3.8, 4) is 22.8 Å². The monoisotopic (exact) mass is 335 g/mol. The molecular formula is C16H17NO5S. The summed E-state index contributed by atoms with van der Waals surface area (Å²) in [6.45, 7) is 0. The van der Waals surface area contributed by atoms with Crippen molar-refractivity contribution in [1.82, 2.24) is 5.16 Å². The predicted octanol–water partition coefficient (Wildman–Crippen LogP) is 3.32. The van der Waals surface area contributed by atoms with Gasteiger partial charge in [-0.1, -0.05) is 11.2 Å². The summed E-state index contributed by atoms with van der Waals surface area (Å²) in [5, 5.41) is 12.5. The lowest BCUT2D eigenvalue weighted by Gasteiger charge is -2.24. The van der Waals surface area contributed by atoms with Crippen molar-refractivity contribution >= 4 is 17.7 Å². The zero-order valence-corrected chi connectivity index (χ0v) is 13.5. The Morgan fingerprint density at radius 1 is 1.39 bits per heavy atom. The third-order valence-electron chi connectivity index (χ3n) is 3.64. The Morgan fingerprint density at radius 3 is 2.83 bits per heavy atom. The molecule has 0 saturated carbocycles. The van der Waals surface area contributed by atoms with Gasteiger partial charge in [0.2, 0.25) is 0 Å². The lowest BCUT2D eigenvalue weighted by atomic mass is 10.1. The van der Waals surface area contributed by atoms with Crippen LogP contribution in [0.25, 0.3) is 11.3 Å². The van der Waals surface area contributed by atoms with Crippen molar-refractivity contribution in [3.63, 3.8) is 0 Å². The lowest BCUT2D eigenvalue weighted by Crippen LogP contribution is -2.22. The van der Waals surface area contributed by atoms with E-state index in [1.54, 1.807) is 13.2 Å². The molecule has 7 heteroatoms. The maximum Gasteiger partial charge on any atom is 0.358 e. The van der Waals surface area contributed by atoms with Gasteiger partial charge in [0.05, 0.1) is 12.7 Å². The minimum Gasteiger partial charge on any atom is -0.492 e. The fourth-order valence-electron chi connectivity index (χ4n) is 2.49. The van der Waals surface area contributed by atoms with E-state index in [1.807, 2.05) is 23.9 Å². The first-order valence-corrected chi connectivity index (χ1v) is 8.46. The Bertz CT molecular complexity index is 694. The fourth-order valence-corrected chi connectivity index (χ4v) is 3.55. The smallest absolute Gasteiger partial charge is 0.358 e. The second-order valence-corrected chi connectivity index (χ2v) is 6.37. The molecule has 1 aliphatic rings. The van der Waals surface area contributed by atoms with Gasteiger partial charge in [0.15, 0.2) is 23.0 Å². The number of carboxylic acids is 1. The lowest BCUT2D eigenvalue weighted by molar-refractivity contribution is 0.0686. The minimum absolute atomic E-state index is 0.141. The maximum absolute atomic E-state index is 10.9. The summed E-state index contributed by atoms with van der Waals surface area (Å²) in [4.78, 5) is 10.9. The van der Waals surface area contributed by atoms with E-state index in [4.69, 9.17) is 19.1 Å². The highest BCUT2D eigenvalue weighted by Crippen LogP contribution is 2.39. The summed E-state index contributed by atoms with van der Waals surface area (Å²) >= 11 is 1.93. The van der Waals surface area contributed by atoms with Gasteiger partial charge in [-0.2, -0.15) is 11.8 Å². The fraction of sp³-hybridized carbons (Fsp3) is 0.375. The molecule has 1 aromatic carbocycles. The second kappa shape index (κ2) is 6.95. The number of thioether (sulfide) groups is 1. The molecule has 0 radical (unpaired) electrons. The third-order valence-corrected chi connectivity index (χ3v) is 4.69. The number of carboxylic acid groups (broad SMARTS) is 1. The van der Waals surface area contributed by atoms with E-state index >= 15 is 0 Å². The molecule has 6 nitrogen and oxygen atoms in total. The van der Waals surface area contributed by atoms with Crippen LogP contribution in [0.1, 0.15) is 23.3 Å². The van der Waals surface area contributed by atoms with Crippen molar-refractivity contribution in [2.24, 2.45) is 0 Å². The number of rotatable bonds is 5. The van der Waals surface area contributed by atoms with Gasteiger partial charge in [-0.3, -0.25) is 0 Å². The van der Waals surface area contributed by atoms with Crippen molar-refractivity contribution in [2.45, 2.75) is 18.9 Å². The SMILES string of the molecule is COc1c(OC2CCSCC2)cccc1-c1cc(C(=O)O)no1. The Kier molecular flexibility index (Phi) is 4.76. The first-order valence-electron chi connectivity index (χ1n) is 7.31. The van der Waals surface area contributed by atoms with Crippen LogP contribution < -0.4 is 9.47 Å². The molecule has 1 saturated heterocycles. The van der Waals surface area contributed by atoms with Crippen LogP contribution in [0, 0.1) is 0 Å². The van der Waals surface area contributed by atoms with Crippen LogP contribution in [0.4, 0.5) is 0 Å². The topological polar surface area (TPSA) is 81.8 Å². The number of carbonyl (C=O) groups is 1. The van der Waals surface area contributed by atoms with Gasteiger partial charge in [-0.15, -0.1) is 0 Å². The summed E-state index contributed by atoms with van der Waals surface area (Å²) in [5.74, 6) is 2.55. The molecule has 1 aliphatic heterocycles. The van der Waals surface area contributed by atoms with Gasteiger partial charge in [0.25, 0.3) is 0 Å². The third kappa shape index (κ3) is 3.44. The molecule has 0 atom stereocenters. The molecule has 0 amide bonds. The summed E-state index contributed by atoms with van der Waals surface area (Å²) in [6.07, 6.45) is 2.18. The zero-order chi connectivity index (χ0) is 16.2. The number of nitrogens with zero attached hydrogens (tertiary/aromatic N) is 1. The summed E-state index contributed by atoms with van der Waals surface area (Å²) in [7, 11) is 1.55. The normalized spacial score (nSPS) is 15.3. The van der Waals surface area contributed by atoms with E-state index in [2.05, 4.69) is 5.16 Å². The van der Waals surface area contributed by atoms with E-state index in [0.717, 1.165) is 24.3 Å². The Morgan fingerprint density at radius 2 is 2.17 bits per heavy atom. The molecule has 0 aliphatic carbocycles. The molecule has 0 bridgehead atoms. The highest BCUT2D eigenvalue weighted by Gasteiger charge is 2.21. The average molecular weight is 335 g/mol. The average Bonchev–Trinajstić information content (AvgIpc) is 3.06. The zero-order valence-electron chi connectivity index (χ0n) is 12.7. The maximum atomic E-state index is 10.9. The number of methoxy groups -OCH3 is 1. The van der Waals surface area contributed by atoms with Crippen molar-refractivity contribution in [3.05, 3.63) is 30.0 Å². The molecule has 1 aromatic heterocycles. The van der Waals surface area contributed by atoms with Crippen LogP contribution >= 0.6 is 11.8 Å².